The molecule has 1 heterocycles. The predicted molar refractivity (Wildman–Crippen MR) is 116 cm³/mol. The highest BCUT2D eigenvalue weighted by Crippen LogP contribution is 2.30. The van der Waals surface area contributed by atoms with Crippen LogP contribution in [0.4, 0.5) is 0 Å². The Labute approximate surface area is 170 Å². The molecular weight excluding hydrogens is 368 g/mol. The van der Waals surface area contributed by atoms with E-state index in [1.807, 2.05) is 42.6 Å². The van der Waals surface area contributed by atoms with Crippen LogP contribution >= 0.6 is 11.6 Å². The lowest BCUT2D eigenvalue weighted by Crippen LogP contribution is -2.27. The Kier molecular flexibility index (Phi) is 5.36. The van der Waals surface area contributed by atoms with Crippen molar-refractivity contribution in [2.45, 2.75) is 25.7 Å². The molecule has 4 heteroatoms. The molecule has 2 aromatic carbocycles. The molecule has 0 radical (unpaired) electrons. The summed E-state index contributed by atoms with van der Waals surface area (Å²) >= 11 is 6.12. The van der Waals surface area contributed by atoms with Crippen molar-refractivity contribution in [1.82, 2.24) is 10.3 Å². The number of amides is 1. The molecular formula is C24H23ClN2O. The smallest absolute Gasteiger partial charge is 0.251 e. The number of aromatic amines is 1. The second-order valence-corrected chi connectivity index (χ2v) is 7.74. The van der Waals surface area contributed by atoms with Crippen LogP contribution < -0.4 is 5.32 Å². The minimum Gasteiger partial charge on any atom is -0.361 e. The summed E-state index contributed by atoms with van der Waals surface area (Å²) in [6, 6.07) is 13.7. The maximum absolute atomic E-state index is 12.9. The standard InChI is InChI=1S/C24H23ClN2O/c1-16-5-4-6-17(13-16)20-7-2-3-8-21(20)24(28)26-12-11-18-15-27-23-10-9-19(25)14-22(18)23/h2-10,14-15,17,27H,11-13H2,1H3,(H,26,28)/t17-/m0/s1. The fraction of sp³-hybridized carbons (Fsp3) is 0.208. The van der Waals surface area contributed by atoms with Gasteiger partial charge in [0.2, 0.25) is 0 Å². The first kappa shape index (κ1) is 18.6. The minimum absolute atomic E-state index is 0.0194. The molecule has 1 atom stereocenters. The van der Waals surface area contributed by atoms with Gasteiger partial charge in [-0.15, -0.1) is 0 Å². The molecule has 0 unspecified atom stereocenters. The van der Waals surface area contributed by atoms with Crippen molar-refractivity contribution in [2.75, 3.05) is 6.54 Å². The number of rotatable bonds is 5. The van der Waals surface area contributed by atoms with Crippen LogP contribution in [0.5, 0.6) is 0 Å². The maximum atomic E-state index is 12.9. The first-order valence-electron chi connectivity index (χ1n) is 9.58. The molecule has 3 nitrogen and oxygen atoms in total. The molecule has 142 valence electrons. The SMILES string of the molecule is CC1=CC=C[C@H](c2ccccc2C(=O)NCCc2c[nH]c3ccc(Cl)cc23)C1. The molecule has 28 heavy (non-hydrogen) atoms. The first-order valence-corrected chi connectivity index (χ1v) is 9.96. The molecule has 4 rings (SSSR count). The lowest BCUT2D eigenvalue weighted by atomic mass is 9.86. The van der Waals surface area contributed by atoms with Gasteiger partial charge in [0.1, 0.15) is 0 Å². The van der Waals surface area contributed by atoms with E-state index < -0.39 is 0 Å². The fourth-order valence-electron chi connectivity index (χ4n) is 3.84. The van der Waals surface area contributed by atoms with Gasteiger partial charge in [-0.25, -0.2) is 0 Å². The number of carbonyl (C=O) groups excluding carboxylic acids is 1. The normalized spacial score (nSPS) is 16.2. The Morgan fingerprint density at radius 1 is 1.25 bits per heavy atom. The van der Waals surface area contributed by atoms with E-state index >= 15 is 0 Å². The quantitative estimate of drug-likeness (QED) is 0.569. The minimum atomic E-state index is -0.0194. The molecule has 0 bridgehead atoms. The molecule has 1 aliphatic carbocycles. The monoisotopic (exact) mass is 390 g/mol. The Morgan fingerprint density at radius 3 is 2.96 bits per heavy atom. The van der Waals surface area contributed by atoms with Crippen molar-refractivity contribution >= 4 is 28.4 Å². The number of carbonyl (C=O) groups is 1. The van der Waals surface area contributed by atoms with E-state index in [1.165, 1.54) is 5.57 Å². The van der Waals surface area contributed by atoms with Crippen LogP contribution in [0.2, 0.25) is 5.02 Å². The summed E-state index contributed by atoms with van der Waals surface area (Å²) in [7, 11) is 0. The number of nitrogens with one attached hydrogen (secondary N) is 2. The van der Waals surface area contributed by atoms with Gasteiger partial charge in [-0.2, -0.15) is 0 Å². The molecule has 2 N–H and O–H groups in total. The largest absolute Gasteiger partial charge is 0.361 e. The van der Waals surface area contributed by atoms with E-state index in [1.54, 1.807) is 0 Å². The summed E-state index contributed by atoms with van der Waals surface area (Å²) in [5, 5.41) is 4.91. The van der Waals surface area contributed by atoms with Gasteiger partial charge in [0, 0.05) is 40.1 Å². The highest BCUT2D eigenvalue weighted by Gasteiger charge is 2.18. The average Bonchev–Trinajstić information content (AvgIpc) is 3.10. The second kappa shape index (κ2) is 8.07. The van der Waals surface area contributed by atoms with Gasteiger partial charge in [-0.05, 0) is 55.2 Å². The summed E-state index contributed by atoms with van der Waals surface area (Å²) in [5.41, 5.74) is 5.39. The molecule has 0 fully saturated rings. The highest BCUT2D eigenvalue weighted by molar-refractivity contribution is 6.31. The first-order chi connectivity index (χ1) is 13.6. The molecule has 0 spiro atoms. The van der Waals surface area contributed by atoms with E-state index in [0.717, 1.165) is 45.5 Å². The van der Waals surface area contributed by atoms with Crippen LogP contribution in [0.25, 0.3) is 10.9 Å². The molecule has 0 aliphatic heterocycles. The van der Waals surface area contributed by atoms with Gasteiger partial charge in [0.15, 0.2) is 0 Å². The van der Waals surface area contributed by atoms with Gasteiger partial charge in [0.05, 0.1) is 0 Å². The van der Waals surface area contributed by atoms with E-state index in [2.05, 4.69) is 41.5 Å². The second-order valence-electron chi connectivity index (χ2n) is 7.31. The summed E-state index contributed by atoms with van der Waals surface area (Å²) in [6.07, 6.45) is 10.1. The van der Waals surface area contributed by atoms with Crippen LogP contribution in [0.1, 0.15) is 40.7 Å². The van der Waals surface area contributed by atoms with Gasteiger partial charge in [-0.3, -0.25) is 4.79 Å². The third-order valence-corrected chi connectivity index (χ3v) is 5.52. The number of fused-ring (bicyclic) bond motifs is 1. The summed E-state index contributed by atoms with van der Waals surface area (Å²) in [4.78, 5) is 16.1. The Morgan fingerprint density at radius 2 is 2.11 bits per heavy atom. The molecule has 3 aromatic rings. The van der Waals surface area contributed by atoms with Crippen LogP contribution in [0, 0.1) is 0 Å². The number of H-pyrrole nitrogens is 1. The Balaban J connectivity index is 1.45. The Bertz CT molecular complexity index is 1080. The zero-order valence-corrected chi connectivity index (χ0v) is 16.6. The van der Waals surface area contributed by atoms with Gasteiger partial charge >= 0.3 is 0 Å². The fourth-order valence-corrected chi connectivity index (χ4v) is 4.01. The number of halogens is 1. The summed E-state index contributed by atoms with van der Waals surface area (Å²) in [6.45, 7) is 2.71. The van der Waals surface area contributed by atoms with Crippen molar-refractivity contribution in [1.29, 1.82) is 0 Å². The zero-order chi connectivity index (χ0) is 19.5. The van der Waals surface area contributed by atoms with Crippen molar-refractivity contribution in [3.63, 3.8) is 0 Å². The molecule has 1 amide bonds. The summed E-state index contributed by atoms with van der Waals surface area (Å²) < 4.78 is 0. The number of hydrogen-bond donors (Lipinski definition) is 2. The zero-order valence-electron chi connectivity index (χ0n) is 15.8. The third kappa shape index (κ3) is 3.90. The number of benzene rings is 2. The van der Waals surface area contributed by atoms with Crippen molar-refractivity contribution in [3.05, 3.63) is 94.2 Å². The highest BCUT2D eigenvalue weighted by atomic mass is 35.5. The van der Waals surface area contributed by atoms with E-state index in [0.29, 0.717) is 6.54 Å². The molecule has 0 saturated heterocycles. The molecule has 1 aliphatic rings. The number of hydrogen-bond acceptors (Lipinski definition) is 1. The number of aromatic nitrogens is 1. The van der Waals surface area contributed by atoms with Crippen molar-refractivity contribution in [2.24, 2.45) is 0 Å². The van der Waals surface area contributed by atoms with Crippen LogP contribution in [0.3, 0.4) is 0 Å². The van der Waals surface area contributed by atoms with Crippen LogP contribution in [0.15, 0.2) is 72.5 Å². The van der Waals surface area contributed by atoms with E-state index in [-0.39, 0.29) is 11.8 Å². The predicted octanol–water partition coefficient (Wildman–Crippen LogP) is 5.78. The lowest BCUT2D eigenvalue weighted by molar-refractivity contribution is 0.0953. The summed E-state index contributed by atoms with van der Waals surface area (Å²) in [5.74, 6) is 0.233. The molecule has 1 aromatic heterocycles. The van der Waals surface area contributed by atoms with Crippen LogP contribution in [-0.2, 0) is 6.42 Å². The van der Waals surface area contributed by atoms with Gasteiger partial charge < -0.3 is 10.3 Å². The third-order valence-electron chi connectivity index (χ3n) is 5.28. The van der Waals surface area contributed by atoms with Gasteiger partial charge in [0.25, 0.3) is 5.91 Å². The molecule has 0 saturated carbocycles. The van der Waals surface area contributed by atoms with Gasteiger partial charge in [-0.1, -0.05) is 53.6 Å². The van der Waals surface area contributed by atoms with Crippen molar-refractivity contribution in [3.8, 4) is 0 Å². The van der Waals surface area contributed by atoms with Crippen molar-refractivity contribution < 1.29 is 4.79 Å². The lowest BCUT2D eigenvalue weighted by Gasteiger charge is -2.19. The Hall–Kier alpha value is -2.78. The maximum Gasteiger partial charge on any atom is 0.251 e. The van der Waals surface area contributed by atoms with E-state index in [9.17, 15) is 4.79 Å². The van der Waals surface area contributed by atoms with E-state index in [4.69, 9.17) is 11.6 Å². The number of allylic oxidation sites excluding steroid dienone is 4. The topological polar surface area (TPSA) is 44.9 Å². The average molecular weight is 391 g/mol. The van der Waals surface area contributed by atoms with Crippen LogP contribution in [-0.4, -0.2) is 17.4 Å².